The summed E-state index contributed by atoms with van der Waals surface area (Å²) in [6, 6.07) is 30.0. The van der Waals surface area contributed by atoms with E-state index in [0.29, 0.717) is 70.7 Å². The highest BCUT2D eigenvalue weighted by atomic mass is 16.5. The lowest BCUT2D eigenvalue weighted by atomic mass is 9.85. The zero-order valence-electron chi connectivity index (χ0n) is 28.4. The maximum absolute atomic E-state index is 13.5. The quantitative estimate of drug-likeness (QED) is 0.200. The van der Waals surface area contributed by atoms with Crippen molar-refractivity contribution in [1.29, 1.82) is 0 Å². The number of pyridine rings is 1. The Bertz CT molecular complexity index is 1960. The smallest absolute Gasteiger partial charge is 0.407 e. The minimum atomic E-state index is -0.916. The molecule has 4 heterocycles. The molecule has 2 aromatic heterocycles. The molecule has 0 aliphatic carbocycles. The Kier molecular flexibility index (Phi) is 9.55. The summed E-state index contributed by atoms with van der Waals surface area (Å²) in [6.45, 7) is 6.11. The molecule has 2 aliphatic rings. The fraction of sp³-hybridized carbons (Fsp3) is 0.333. The van der Waals surface area contributed by atoms with Crippen molar-refractivity contribution in [2.75, 3.05) is 44.2 Å². The van der Waals surface area contributed by atoms with Gasteiger partial charge in [0.15, 0.2) is 0 Å². The van der Waals surface area contributed by atoms with Crippen LogP contribution in [0.2, 0.25) is 0 Å². The number of piperidine rings is 1. The molecular weight excluding hydrogens is 632 g/mol. The van der Waals surface area contributed by atoms with E-state index < -0.39 is 6.09 Å². The fourth-order valence-electron chi connectivity index (χ4n) is 7.11. The molecule has 2 aliphatic heterocycles. The molecule has 0 bridgehead atoms. The molecule has 0 saturated carbocycles. The number of ether oxygens (including phenoxy) is 2. The summed E-state index contributed by atoms with van der Waals surface area (Å²) in [5, 5.41) is 15.4. The van der Waals surface area contributed by atoms with Crippen LogP contribution >= 0.6 is 0 Å². The van der Waals surface area contributed by atoms with E-state index in [2.05, 4.69) is 17.0 Å². The number of hydrogen-bond donors (Lipinski definition) is 1. The molecule has 2 unspecified atom stereocenters. The lowest BCUT2D eigenvalue weighted by molar-refractivity contribution is -0.139. The Morgan fingerprint density at radius 3 is 2.14 bits per heavy atom. The number of carbonyl (C=O) groups excluding carboxylic acids is 1. The number of para-hydroxylation sites is 1. The molecule has 7 rings (SSSR count). The normalized spacial score (nSPS) is 17.9. The Hall–Kier alpha value is -5.58. The molecule has 0 radical (unpaired) electrons. The summed E-state index contributed by atoms with van der Waals surface area (Å²) in [5.41, 5.74) is 5.67. The first-order valence-corrected chi connectivity index (χ1v) is 17.2. The highest BCUT2D eigenvalue weighted by Crippen LogP contribution is 2.38. The second-order valence-electron chi connectivity index (χ2n) is 13.1. The molecule has 3 aromatic carbocycles. The predicted octanol–water partition coefficient (Wildman–Crippen LogP) is 6.08. The highest BCUT2D eigenvalue weighted by Gasteiger charge is 2.36. The van der Waals surface area contributed by atoms with Crippen molar-refractivity contribution in [1.82, 2.24) is 24.6 Å². The number of likely N-dealkylation sites (tertiary alicyclic amines) is 1. The standard InChI is InChI=1S/C39H42N6O5/c1-27-24-45(39(47)48)19-18-30(27)38(46)44-22-20-43(21-23-44)33-15-9-14-31-35(41-42(2)36(31)33)32-16-17-34(49-25-28-10-5-3-6-11-28)40-37(32)50-26-29-12-7-4-8-13-29/h3-17,27,30H,18-26H2,1-2H3,(H,47,48). The van der Waals surface area contributed by atoms with Crippen molar-refractivity contribution in [3.63, 3.8) is 0 Å². The van der Waals surface area contributed by atoms with Crippen LogP contribution in [0, 0.1) is 11.8 Å². The number of benzene rings is 3. The van der Waals surface area contributed by atoms with Crippen LogP contribution in [0.3, 0.4) is 0 Å². The van der Waals surface area contributed by atoms with Gasteiger partial charge in [-0.3, -0.25) is 9.48 Å². The fourth-order valence-corrected chi connectivity index (χ4v) is 7.11. The van der Waals surface area contributed by atoms with E-state index in [1.165, 1.54) is 4.90 Å². The molecule has 2 atom stereocenters. The third kappa shape index (κ3) is 6.94. The topological polar surface area (TPSA) is 113 Å². The van der Waals surface area contributed by atoms with Gasteiger partial charge in [0, 0.05) is 63.7 Å². The molecule has 11 heteroatoms. The van der Waals surface area contributed by atoms with Crippen molar-refractivity contribution in [3.8, 4) is 23.0 Å². The third-order valence-electron chi connectivity index (χ3n) is 9.81. The molecule has 50 heavy (non-hydrogen) atoms. The summed E-state index contributed by atoms with van der Waals surface area (Å²) < 4.78 is 14.4. The second-order valence-corrected chi connectivity index (χ2v) is 13.1. The molecule has 1 N–H and O–H groups in total. The van der Waals surface area contributed by atoms with Gasteiger partial charge in [-0.15, -0.1) is 0 Å². The van der Waals surface area contributed by atoms with Crippen LogP contribution in [-0.2, 0) is 25.1 Å². The minimum Gasteiger partial charge on any atom is -0.473 e. The van der Waals surface area contributed by atoms with E-state index >= 15 is 0 Å². The van der Waals surface area contributed by atoms with Gasteiger partial charge in [-0.05, 0) is 35.6 Å². The average Bonchev–Trinajstić information content (AvgIpc) is 3.49. The van der Waals surface area contributed by atoms with Crippen LogP contribution in [0.4, 0.5) is 10.5 Å². The number of carbonyl (C=O) groups is 2. The second kappa shape index (κ2) is 14.5. The third-order valence-corrected chi connectivity index (χ3v) is 9.81. The van der Waals surface area contributed by atoms with Gasteiger partial charge in [-0.25, -0.2) is 4.79 Å². The minimum absolute atomic E-state index is 0.00691. The maximum Gasteiger partial charge on any atom is 0.407 e. The van der Waals surface area contributed by atoms with E-state index in [9.17, 15) is 14.7 Å². The first kappa shape index (κ1) is 32.9. The predicted molar refractivity (Wildman–Crippen MR) is 191 cm³/mol. The number of amides is 2. The number of rotatable bonds is 9. The molecule has 0 spiro atoms. The van der Waals surface area contributed by atoms with Crippen molar-refractivity contribution in [3.05, 3.63) is 102 Å². The van der Waals surface area contributed by atoms with E-state index in [1.54, 1.807) is 0 Å². The van der Waals surface area contributed by atoms with Gasteiger partial charge in [0.05, 0.1) is 16.8 Å². The lowest BCUT2D eigenvalue weighted by Gasteiger charge is -2.41. The largest absolute Gasteiger partial charge is 0.473 e. The van der Waals surface area contributed by atoms with E-state index in [-0.39, 0.29) is 17.7 Å². The summed E-state index contributed by atoms with van der Waals surface area (Å²) >= 11 is 0. The number of anilines is 1. The summed E-state index contributed by atoms with van der Waals surface area (Å²) in [6.07, 6.45) is -0.351. The van der Waals surface area contributed by atoms with Gasteiger partial charge in [-0.1, -0.05) is 79.7 Å². The van der Waals surface area contributed by atoms with Crippen molar-refractivity contribution < 1.29 is 24.2 Å². The zero-order valence-corrected chi connectivity index (χ0v) is 28.4. The number of nitrogens with zero attached hydrogens (tertiary/aromatic N) is 6. The van der Waals surface area contributed by atoms with Crippen molar-refractivity contribution >= 4 is 28.6 Å². The van der Waals surface area contributed by atoms with Crippen molar-refractivity contribution in [2.24, 2.45) is 18.9 Å². The Labute approximate surface area is 291 Å². The molecule has 2 amide bonds. The molecule has 258 valence electrons. The summed E-state index contributed by atoms with van der Waals surface area (Å²) in [7, 11) is 1.95. The van der Waals surface area contributed by atoms with Crippen LogP contribution in [0.1, 0.15) is 24.5 Å². The van der Waals surface area contributed by atoms with Crippen LogP contribution < -0.4 is 14.4 Å². The first-order valence-electron chi connectivity index (χ1n) is 17.2. The number of aromatic nitrogens is 3. The van der Waals surface area contributed by atoms with Gasteiger partial charge in [0.2, 0.25) is 17.7 Å². The van der Waals surface area contributed by atoms with Crippen LogP contribution in [-0.4, -0.2) is 80.9 Å². The first-order chi connectivity index (χ1) is 24.4. The molecular formula is C39H42N6O5. The van der Waals surface area contributed by atoms with Gasteiger partial charge in [0.25, 0.3) is 0 Å². The number of carboxylic acid groups (broad SMARTS) is 1. The number of fused-ring (bicyclic) bond motifs is 1. The number of piperazine rings is 1. The Morgan fingerprint density at radius 2 is 1.48 bits per heavy atom. The Balaban J connectivity index is 1.12. The monoisotopic (exact) mass is 674 g/mol. The molecule has 5 aromatic rings. The van der Waals surface area contributed by atoms with Crippen LogP contribution in [0.25, 0.3) is 22.2 Å². The average molecular weight is 675 g/mol. The summed E-state index contributed by atoms with van der Waals surface area (Å²) in [5.74, 6) is 0.890. The van der Waals surface area contributed by atoms with Gasteiger partial charge in [-0.2, -0.15) is 10.1 Å². The van der Waals surface area contributed by atoms with E-state index in [1.807, 2.05) is 102 Å². The summed E-state index contributed by atoms with van der Waals surface area (Å²) in [4.78, 5) is 35.5. The van der Waals surface area contributed by atoms with E-state index in [0.717, 1.165) is 39.0 Å². The number of hydrogen-bond acceptors (Lipinski definition) is 7. The number of aryl methyl sites for hydroxylation is 1. The van der Waals surface area contributed by atoms with Gasteiger partial charge >= 0.3 is 6.09 Å². The Morgan fingerprint density at radius 1 is 0.800 bits per heavy atom. The lowest BCUT2D eigenvalue weighted by Crippen LogP contribution is -2.53. The van der Waals surface area contributed by atoms with Gasteiger partial charge < -0.3 is 29.3 Å². The molecule has 11 nitrogen and oxygen atoms in total. The van der Waals surface area contributed by atoms with Crippen LogP contribution in [0.5, 0.6) is 11.8 Å². The molecule has 2 fully saturated rings. The zero-order chi connectivity index (χ0) is 34.6. The van der Waals surface area contributed by atoms with E-state index in [4.69, 9.17) is 19.6 Å². The van der Waals surface area contributed by atoms with Gasteiger partial charge in [0.1, 0.15) is 18.9 Å². The molecule has 2 saturated heterocycles. The van der Waals surface area contributed by atoms with Crippen molar-refractivity contribution in [2.45, 2.75) is 26.6 Å². The SMILES string of the molecule is CC1CN(C(=O)O)CCC1C(=O)N1CCN(c2cccc3c(-c4ccc(OCc5ccccc5)nc4OCc4ccccc4)nn(C)c23)CC1. The maximum atomic E-state index is 13.5. The van der Waals surface area contributed by atoms with Crippen LogP contribution in [0.15, 0.2) is 91.0 Å². The highest BCUT2D eigenvalue weighted by molar-refractivity contribution is 6.01.